The number of aromatic nitrogens is 1. The van der Waals surface area contributed by atoms with E-state index in [4.69, 9.17) is 37.3 Å². The van der Waals surface area contributed by atoms with Crippen LogP contribution in [0.4, 0.5) is 5.69 Å². The van der Waals surface area contributed by atoms with Gasteiger partial charge >= 0.3 is 0 Å². The van der Waals surface area contributed by atoms with Crippen LogP contribution in [0.15, 0.2) is 76.1 Å². The predicted octanol–water partition coefficient (Wildman–Crippen LogP) is 6.35. The van der Waals surface area contributed by atoms with Crippen molar-refractivity contribution in [3.05, 3.63) is 99.4 Å². The fourth-order valence-electron chi connectivity index (χ4n) is 4.02. The van der Waals surface area contributed by atoms with Crippen LogP contribution in [0.5, 0.6) is 5.75 Å². The standard InChI is InChI=1S/C27H21Cl2N3O3/c1-16-23(31-27(35-16)17-7-10-19(34-2)11-8-17)15-32-24-12-9-18(28)13-21(24)26(30-14-25(32)33)20-5-3-4-6-22(20)29/h3-13H,14-15H2,1-2H3. The number of benzodiazepines with no additional fused rings is 1. The van der Waals surface area contributed by atoms with E-state index in [9.17, 15) is 4.79 Å². The van der Waals surface area contributed by atoms with E-state index in [1.54, 1.807) is 24.1 Å². The molecular weight excluding hydrogens is 485 g/mol. The minimum atomic E-state index is -0.163. The molecule has 1 aliphatic heterocycles. The van der Waals surface area contributed by atoms with Crippen molar-refractivity contribution in [3.8, 4) is 17.2 Å². The maximum Gasteiger partial charge on any atom is 0.249 e. The molecule has 6 nitrogen and oxygen atoms in total. The Bertz CT molecular complexity index is 1440. The Balaban J connectivity index is 1.53. The van der Waals surface area contributed by atoms with Gasteiger partial charge in [0.25, 0.3) is 0 Å². The van der Waals surface area contributed by atoms with E-state index >= 15 is 0 Å². The topological polar surface area (TPSA) is 67.9 Å². The first kappa shape index (κ1) is 23.1. The summed E-state index contributed by atoms with van der Waals surface area (Å²) in [5, 5.41) is 1.09. The predicted molar refractivity (Wildman–Crippen MR) is 138 cm³/mol. The van der Waals surface area contributed by atoms with Crippen LogP contribution in [0.3, 0.4) is 0 Å². The molecule has 1 aliphatic rings. The highest BCUT2D eigenvalue weighted by Crippen LogP contribution is 2.33. The Hall–Kier alpha value is -3.61. The molecule has 0 unspecified atom stereocenters. The number of carbonyl (C=O) groups excluding carboxylic acids is 1. The quantitative estimate of drug-likeness (QED) is 0.316. The summed E-state index contributed by atoms with van der Waals surface area (Å²) in [6.07, 6.45) is 0. The van der Waals surface area contributed by atoms with E-state index in [2.05, 4.69) is 4.99 Å². The second kappa shape index (κ2) is 9.56. The third-order valence-corrected chi connectivity index (χ3v) is 6.41. The molecule has 0 fully saturated rings. The number of methoxy groups -OCH3 is 1. The van der Waals surface area contributed by atoms with Gasteiger partial charge in [-0.05, 0) is 55.5 Å². The summed E-state index contributed by atoms with van der Waals surface area (Å²) in [5.41, 5.74) is 4.26. The third kappa shape index (κ3) is 4.55. The molecule has 0 bridgehead atoms. The number of carbonyl (C=O) groups is 1. The van der Waals surface area contributed by atoms with E-state index in [1.165, 1.54) is 0 Å². The lowest BCUT2D eigenvalue weighted by molar-refractivity contribution is -0.117. The number of oxazole rings is 1. The molecule has 1 aromatic heterocycles. The average molecular weight is 506 g/mol. The number of anilines is 1. The van der Waals surface area contributed by atoms with Crippen LogP contribution >= 0.6 is 23.2 Å². The fraction of sp³-hybridized carbons (Fsp3) is 0.148. The normalized spacial score (nSPS) is 13.3. The van der Waals surface area contributed by atoms with Gasteiger partial charge in [-0.1, -0.05) is 41.4 Å². The molecule has 0 aliphatic carbocycles. The zero-order valence-electron chi connectivity index (χ0n) is 19.1. The zero-order valence-corrected chi connectivity index (χ0v) is 20.6. The molecular formula is C27H21Cl2N3O3. The van der Waals surface area contributed by atoms with Gasteiger partial charge in [-0.3, -0.25) is 9.79 Å². The lowest BCUT2D eigenvalue weighted by Crippen LogP contribution is -2.32. The van der Waals surface area contributed by atoms with Crippen molar-refractivity contribution < 1.29 is 13.9 Å². The number of halogens is 2. The molecule has 3 aromatic carbocycles. The van der Waals surface area contributed by atoms with Crippen molar-refractivity contribution >= 4 is 40.5 Å². The van der Waals surface area contributed by atoms with Gasteiger partial charge in [0, 0.05) is 26.7 Å². The first-order valence-corrected chi connectivity index (χ1v) is 11.7. The van der Waals surface area contributed by atoms with Gasteiger partial charge in [0.15, 0.2) is 0 Å². The van der Waals surface area contributed by atoms with Gasteiger partial charge in [-0.2, -0.15) is 0 Å². The molecule has 176 valence electrons. The lowest BCUT2D eigenvalue weighted by Gasteiger charge is -2.22. The van der Waals surface area contributed by atoms with E-state index in [0.717, 1.165) is 22.4 Å². The first-order chi connectivity index (χ1) is 16.9. The zero-order chi connectivity index (χ0) is 24.5. The van der Waals surface area contributed by atoms with Gasteiger partial charge in [-0.15, -0.1) is 0 Å². The molecule has 0 saturated carbocycles. The van der Waals surface area contributed by atoms with Crippen LogP contribution in [0.1, 0.15) is 22.6 Å². The molecule has 2 heterocycles. The van der Waals surface area contributed by atoms with Crippen molar-refractivity contribution in [2.75, 3.05) is 18.6 Å². The Kier molecular flexibility index (Phi) is 6.32. The molecule has 0 atom stereocenters. The largest absolute Gasteiger partial charge is 0.497 e. The SMILES string of the molecule is COc1ccc(-c2nc(CN3C(=O)CN=C(c4ccccc4Cl)c4cc(Cl)ccc43)c(C)o2)cc1. The maximum atomic E-state index is 13.3. The molecule has 35 heavy (non-hydrogen) atoms. The van der Waals surface area contributed by atoms with Crippen LogP contribution in [-0.2, 0) is 11.3 Å². The van der Waals surface area contributed by atoms with E-state index in [-0.39, 0.29) is 19.0 Å². The van der Waals surface area contributed by atoms with E-state index < -0.39 is 0 Å². The van der Waals surface area contributed by atoms with Crippen molar-refractivity contribution in [1.82, 2.24) is 4.98 Å². The third-order valence-electron chi connectivity index (χ3n) is 5.84. The van der Waals surface area contributed by atoms with Crippen LogP contribution in [-0.4, -0.2) is 30.3 Å². The highest BCUT2D eigenvalue weighted by Gasteiger charge is 2.28. The molecule has 0 N–H and O–H groups in total. The smallest absolute Gasteiger partial charge is 0.249 e. The number of amides is 1. The second-order valence-corrected chi connectivity index (χ2v) is 8.88. The molecule has 0 saturated heterocycles. The Morgan fingerprint density at radius 2 is 1.80 bits per heavy atom. The Morgan fingerprint density at radius 3 is 2.54 bits per heavy atom. The second-order valence-electron chi connectivity index (χ2n) is 8.04. The monoisotopic (exact) mass is 505 g/mol. The van der Waals surface area contributed by atoms with Gasteiger partial charge < -0.3 is 14.1 Å². The molecule has 0 radical (unpaired) electrons. The van der Waals surface area contributed by atoms with Gasteiger partial charge in [0.05, 0.1) is 25.1 Å². The summed E-state index contributed by atoms with van der Waals surface area (Å²) in [6.45, 7) is 2.03. The summed E-state index contributed by atoms with van der Waals surface area (Å²) in [5.74, 6) is 1.70. The van der Waals surface area contributed by atoms with Crippen molar-refractivity contribution in [2.24, 2.45) is 4.99 Å². The molecule has 8 heteroatoms. The number of rotatable bonds is 5. The first-order valence-electron chi connectivity index (χ1n) is 10.9. The fourth-order valence-corrected chi connectivity index (χ4v) is 4.42. The number of aryl methyl sites for hydroxylation is 1. The summed E-state index contributed by atoms with van der Waals surface area (Å²) < 4.78 is 11.2. The number of ether oxygens (including phenoxy) is 1. The highest BCUT2D eigenvalue weighted by atomic mass is 35.5. The van der Waals surface area contributed by atoms with Gasteiger partial charge in [0.1, 0.15) is 23.7 Å². The van der Waals surface area contributed by atoms with Crippen molar-refractivity contribution in [3.63, 3.8) is 0 Å². The number of nitrogens with zero attached hydrogens (tertiary/aromatic N) is 3. The Morgan fingerprint density at radius 1 is 1.03 bits per heavy atom. The van der Waals surface area contributed by atoms with Gasteiger partial charge in [0.2, 0.25) is 11.8 Å². The van der Waals surface area contributed by atoms with Crippen LogP contribution in [0.25, 0.3) is 11.5 Å². The van der Waals surface area contributed by atoms with Crippen molar-refractivity contribution in [2.45, 2.75) is 13.5 Å². The maximum absolute atomic E-state index is 13.3. The van der Waals surface area contributed by atoms with Gasteiger partial charge in [-0.25, -0.2) is 4.98 Å². The number of fused-ring (bicyclic) bond motifs is 1. The summed E-state index contributed by atoms with van der Waals surface area (Å²) >= 11 is 12.8. The summed E-state index contributed by atoms with van der Waals surface area (Å²) in [4.78, 5) is 24.3. The molecule has 0 spiro atoms. The number of hydrogen-bond donors (Lipinski definition) is 0. The van der Waals surface area contributed by atoms with E-state index in [1.807, 2.05) is 61.5 Å². The minimum absolute atomic E-state index is 0.0326. The minimum Gasteiger partial charge on any atom is -0.497 e. The van der Waals surface area contributed by atoms with Crippen LogP contribution < -0.4 is 9.64 Å². The highest BCUT2D eigenvalue weighted by molar-refractivity contribution is 6.37. The average Bonchev–Trinajstić information content (AvgIpc) is 3.17. The summed E-state index contributed by atoms with van der Waals surface area (Å²) in [6, 6.07) is 20.3. The molecule has 5 rings (SSSR count). The Labute approximate surface area is 212 Å². The summed E-state index contributed by atoms with van der Waals surface area (Å²) in [7, 11) is 1.62. The number of hydrogen-bond acceptors (Lipinski definition) is 5. The lowest BCUT2D eigenvalue weighted by atomic mass is 10.00. The van der Waals surface area contributed by atoms with Crippen LogP contribution in [0, 0.1) is 6.92 Å². The molecule has 4 aromatic rings. The van der Waals surface area contributed by atoms with Crippen molar-refractivity contribution in [1.29, 1.82) is 0 Å². The number of aliphatic imine (C=N–C) groups is 1. The number of benzene rings is 3. The van der Waals surface area contributed by atoms with E-state index in [0.29, 0.717) is 38.8 Å². The molecule has 1 amide bonds. The van der Waals surface area contributed by atoms with Crippen LogP contribution in [0.2, 0.25) is 10.0 Å².